The van der Waals surface area contributed by atoms with Crippen LogP contribution in [-0.4, -0.2) is 12.3 Å². The molecule has 0 aliphatic carbocycles. The van der Waals surface area contributed by atoms with Gasteiger partial charge in [-0.1, -0.05) is 29.3 Å². The van der Waals surface area contributed by atoms with Crippen LogP contribution >= 0.6 is 23.2 Å². The summed E-state index contributed by atoms with van der Waals surface area (Å²) in [6.45, 7) is 0. The van der Waals surface area contributed by atoms with Gasteiger partial charge >= 0.3 is 12.3 Å². The molecule has 0 atom stereocenters. The van der Waals surface area contributed by atoms with E-state index in [2.05, 4.69) is 0 Å². The molecule has 0 aromatic heterocycles. The molecule has 0 fully saturated rings. The van der Waals surface area contributed by atoms with Crippen molar-refractivity contribution in [1.82, 2.24) is 5.32 Å². The summed E-state index contributed by atoms with van der Waals surface area (Å²) in [7, 11) is 0. The van der Waals surface area contributed by atoms with Crippen LogP contribution in [0.25, 0.3) is 0 Å². The first-order valence-corrected chi connectivity index (χ1v) is 4.65. The molecule has 8 heteroatoms. The van der Waals surface area contributed by atoms with E-state index in [1.165, 1.54) is 18.2 Å². The average Bonchev–Trinajstić information content (AvgIpc) is 2.08. The number of para-hydroxylation sites is 1. The molecule has 16 heavy (non-hydrogen) atoms. The van der Waals surface area contributed by atoms with Crippen molar-refractivity contribution in [3.8, 4) is 0 Å². The molecule has 1 rings (SSSR count). The molecule has 0 saturated heterocycles. The molecule has 0 radical (unpaired) electrons. The van der Waals surface area contributed by atoms with E-state index >= 15 is 0 Å². The van der Waals surface area contributed by atoms with Gasteiger partial charge in [0.25, 0.3) is 0 Å². The molecule has 0 heterocycles. The quantitative estimate of drug-likeness (QED) is 0.753. The number of nitrogens with one attached hydrogen (secondary N) is 2. The Labute approximate surface area is 98.5 Å². The SMILES string of the molecule is O=C(Nc1c(Cl)cccc1Cl)NC(F)(F)F. The summed E-state index contributed by atoms with van der Waals surface area (Å²) >= 11 is 11.3. The third-order valence-electron chi connectivity index (χ3n) is 1.46. The highest BCUT2D eigenvalue weighted by Gasteiger charge is 2.30. The van der Waals surface area contributed by atoms with Crippen molar-refractivity contribution in [2.24, 2.45) is 0 Å². The van der Waals surface area contributed by atoms with Crippen molar-refractivity contribution in [1.29, 1.82) is 0 Å². The molecule has 1 aromatic rings. The summed E-state index contributed by atoms with van der Waals surface area (Å²) in [4.78, 5) is 10.9. The molecule has 1 aromatic carbocycles. The second kappa shape index (κ2) is 4.80. The van der Waals surface area contributed by atoms with Crippen molar-refractivity contribution >= 4 is 34.9 Å². The minimum absolute atomic E-state index is 0.0461. The minimum atomic E-state index is -4.81. The van der Waals surface area contributed by atoms with Crippen LogP contribution in [0, 0.1) is 0 Å². The van der Waals surface area contributed by atoms with Gasteiger partial charge in [-0.2, -0.15) is 13.2 Å². The topological polar surface area (TPSA) is 41.1 Å². The van der Waals surface area contributed by atoms with E-state index in [1.54, 1.807) is 0 Å². The Kier molecular flexibility index (Phi) is 3.88. The van der Waals surface area contributed by atoms with Crippen molar-refractivity contribution < 1.29 is 18.0 Å². The number of rotatable bonds is 1. The number of hydrogen-bond acceptors (Lipinski definition) is 1. The van der Waals surface area contributed by atoms with Gasteiger partial charge in [0.05, 0.1) is 15.7 Å². The normalized spacial score (nSPS) is 11.1. The number of anilines is 1. The van der Waals surface area contributed by atoms with Gasteiger partial charge in [-0.25, -0.2) is 10.1 Å². The smallest absolute Gasteiger partial charge is 0.305 e. The minimum Gasteiger partial charge on any atom is -0.305 e. The third-order valence-corrected chi connectivity index (χ3v) is 2.09. The molecule has 0 saturated carbocycles. The first-order valence-electron chi connectivity index (χ1n) is 3.89. The second-order valence-electron chi connectivity index (χ2n) is 2.67. The number of alkyl halides is 3. The highest BCUT2D eigenvalue weighted by atomic mass is 35.5. The number of carbonyl (C=O) groups excluding carboxylic acids is 1. The summed E-state index contributed by atoms with van der Waals surface area (Å²) in [5.74, 6) is 0. The molecular formula is C8H5Cl2F3N2O. The fourth-order valence-corrected chi connectivity index (χ4v) is 1.38. The highest BCUT2D eigenvalue weighted by molar-refractivity contribution is 6.39. The Morgan fingerprint density at radius 2 is 1.69 bits per heavy atom. The van der Waals surface area contributed by atoms with Crippen LogP contribution < -0.4 is 10.6 Å². The maximum absolute atomic E-state index is 11.8. The van der Waals surface area contributed by atoms with Gasteiger partial charge in [-0.05, 0) is 12.1 Å². The lowest BCUT2D eigenvalue weighted by molar-refractivity contribution is -0.144. The van der Waals surface area contributed by atoms with E-state index in [9.17, 15) is 18.0 Å². The Morgan fingerprint density at radius 1 is 1.19 bits per heavy atom. The van der Waals surface area contributed by atoms with Gasteiger partial charge in [0.2, 0.25) is 0 Å². The second-order valence-corrected chi connectivity index (χ2v) is 3.49. The van der Waals surface area contributed by atoms with Gasteiger partial charge in [0.1, 0.15) is 0 Å². The van der Waals surface area contributed by atoms with Gasteiger partial charge in [0, 0.05) is 0 Å². The molecule has 0 aliphatic rings. The monoisotopic (exact) mass is 272 g/mol. The molecule has 0 unspecified atom stereocenters. The summed E-state index contributed by atoms with van der Waals surface area (Å²) in [5.41, 5.74) is -0.0763. The molecular weight excluding hydrogens is 268 g/mol. The number of urea groups is 1. The lowest BCUT2D eigenvalue weighted by Gasteiger charge is -2.11. The number of amides is 2. The Bertz CT molecular complexity index is 389. The maximum Gasteiger partial charge on any atom is 0.485 e. The first-order chi connectivity index (χ1) is 7.29. The largest absolute Gasteiger partial charge is 0.485 e. The lowest BCUT2D eigenvalue weighted by atomic mass is 10.3. The molecule has 2 N–H and O–H groups in total. The van der Waals surface area contributed by atoms with Gasteiger partial charge in [-0.3, -0.25) is 0 Å². The van der Waals surface area contributed by atoms with Crippen molar-refractivity contribution in [3.63, 3.8) is 0 Å². The predicted molar refractivity (Wildman–Crippen MR) is 54.7 cm³/mol. The summed E-state index contributed by atoms with van der Waals surface area (Å²) in [6.07, 6.45) is -4.81. The lowest BCUT2D eigenvalue weighted by Crippen LogP contribution is -2.40. The molecule has 0 aliphatic heterocycles. The van der Waals surface area contributed by atoms with Crippen LogP contribution in [0.4, 0.5) is 23.7 Å². The van der Waals surface area contributed by atoms with Crippen LogP contribution in [0.15, 0.2) is 18.2 Å². The van der Waals surface area contributed by atoms with Crippen LogP contribution in [0.5, 0.6) is 0 Å². The number of benzene rings is 1. The fraction of sp³-hybridized carbons (Fsp3) is 0.125. The summed E-state index contributed by atoms with van der Waals surface area (Å²) < 4.78 is 35.3. The van der Waals surface area contributed by atoms with E-state index < -0.39 is 12.3 Å². The molecule has 88 valence electrons. The number of hydrogen-bond donors (Lipinski definition) is 2. The third kappa shape index (κ3) is 3.79. The van der Waals surface area contributed by atoms with Crippen LogP contribution in [-0.2, 0) is 0 Å². The van der Waals surface area contributed by atoms with E-state index in [4.69, 9.17) is 23.2 Å². The zero-order chi connectivity index (χ0) is 12.3. The summed E-state index contributed by atoms with van der Waals surface area (Å²) in [6, 6.07) is 2.81. The first kappa shape index (κ1) is 12.9. The molecule has 2 amide bonds. The van der Waals surface area contributed by atoms with Crippen molar-refractivity contribution in [3.05, 3.63) is 28.2 Å². The van der Waals surface area contributed by atoms with Gasteiger partial charge in [0.15, 0.2) is 0 Å². The van der Waals surface area contributed by atoms with Crippen LogP contribution in [0.3, 0.4) is 0 Å². The Hall–Kier alpha value is -1.14. The van der Waals surface area contributed by atoms with Gasteiger partial charge < -0.3 is 5.32 Å². The van der Waals surface area contributed by atoms with Crippen LogP contribution in [0.1, 0.15) is 0 Å². The predicted octanol–water partition coefficient (Wildman–Crippen LogP) is 3.63. The van der Waals surface area contributed by atoms with Crippen molar-refractivity contribution in [2.75, 3.05) is 5.32 Å². The Morgan fingerprint density at radius 3 is 2.12 bits per heavy atom. The zero-order valence-electron chi connectivity index (χ0n) is 7.53. The number of halogens is 5. The fourth-order valence-electron chi connectivity index (χ4n) is 0.891. The molecule has 3 nitrogen and oxygen atoms in total. The molecule has 0 spiro atoms. The maximum atomic E-state index is 11.8. The van der Waals surface area contributed by atoms with E-state index in [-0.39, 0.29) is 15.7 Å². The van der Waals surface area contributed by atoms with Crippen LogP contribution in [0.2, 0.25) is 10.0 Å². The highest BCUT2D eigenvalue weighted by Crippen LogP contribution is 2.29. The van der Waals surface area contributed by atoms with Crippen molar-refractivity contribution in [2.45, 2.75) is 6.30 Å². The summed E-state index contributed by atoms with van der Waals surface area (Å²) in [5, 5.41) is 2.75. The van der Waals surface area contributed by atoms with E-state index in [0.717, 1.165) is 5.32 Å². The van der Waals surface area contributed by atoms with E-state index in [0.29, 0.717) is 0 Å². The van der Waals surface area contributed by atoms with Gasteiger partial charge in [-0.15, -0.1) is 0 Å². The Balaban J connectivity index is 2.78. The van der Waals surface area contributed by atoms with E-state index in [1.807, 2.05) is 5.32 Å². The standard InChI is InChI=1S/C8H5Cl2F3N2O/c9-4-2-1-3-5(10)6(4)14-7(16)15-8(11,12)13/h1-3H,(H2,14,15,16). The molecule has 0 bridgehead atoms. The number of carbonyl (C=O) groups is 1. The average molecular weight is 273 g/mol. The zero-order valence-corrected chi connectivity index (χ0v) is 9.04.